The van der Waals surface area contributed by atoms with E-state index >= 15 is 0 Å². The molecule has 0 N–H and O–H groups in total. The fourth-order valence-corrected chi connectivity index (χ4v) is 2.98. The van der Waals surface area contributed by atoms with Crippen LogP contribution in [0.3, 0.4) is 0 Å². The molecule has 1 amide bonds. The van der Waals surface area contributed by atoms with Gasteiger partial charge in [0.05, 0.1) is 11.4 Å². The molecule has 0 saturated carbocycles. The molecule has 0 unspecified atom stereocenters. The van der Waals surface area contributed by atoms with E-state index in [2.05, 4.69) is 27.4 Å². The predicted octanol–water partition coefficient (Wildman–Crippen LogP) is 2.21. The number of hydrogen-bond acceptors (Lipinski definition) is 4. The molecule has 26 heavy (non-hydrogen) atoms. The van der Waals surface area contributed by atoms with E-state index in [1.807, 2.05) is 55.4 Å². The second-order valence-corrected chi connectivity index (χ2v) is 6.62. The van der Waals surface area contributed by atoms with Gasteiger partial charge in [-0.3, -0.25) is 4.79 Å². The van der Waals surface area contributed by atoms with Gasteiger partial charge in [0.2, 0.25) is 5.91 Å². The van der Waals surface area contributed by atoms with Crippen molar-refractivity contribution in [3.63, 3.8) is 0 Å². The van der Waals surface area contributed by atoms with Crippen molar-refractivity contribution < 1.29 is 4.79 Å². The zero-order valence-corrected chi connectivity index (χ0v) is 15.7. The number of carbonyl (C=O) groups is 1. The Morgan fingerprint density at radius 3 is 2.69 bits per heavy atom. The molecular weight excluding hydrogens is 328 g/mol. The summed E-state index contributed by atoms with van der Waals surface area (Å²) in [6.07, 6.45) is 2.65. The van der Waals surface area contributed by atoms with Gasteiger partial charge in [0.15, 0.2) is 0 Å². The highest BCUT2D eigenvalue weighted by molar-refractivity contribution is 5.76. The molecular formula is C19H24N6O. The number of nitrogens with zero attached hydrogens (tertiary/aromatic N) is 6. The number of benzene rings is 1. The Balaban J connectivity index is 1.64. The lowest BCUT2D eigenvalue weighted by molar-refractivity contribution is -0.130. The third-order valence-corrected chi connectivity index (χ3v) is 4.38. The molecule has 0 spiro atoms. The Hall–Kier alpha value is -2.96. The van der Waals surface area contributed by atoms with Gasteiger partial charge in [-0.05, 0) is 37.6 Å². The van der Waals surface area contributed by atoms with Crippen molar-refractivity contribution in [1.29, 1.82) is 0 Å². The van der Waals surface area contributed by atoms with Gasteiger partial charge in [0, 0.05) is 39.2 Å². The van der Waals surface area contributed by atoms with Crippen LogP contribution in [0, 0.1) is 13.8 Å². The molecule has 0 saturated heterocycles. The zero-order chi connectivity index (χ0) is 18.7. The number of hydrogen-bond donors (Lipinski definition) is 0. The van der Waals surface area contributed by atoms with Gasteiger partial charge in [-0.15, -0.1) is 10.2 Å². The quantitative estimate of drug-likeness (QED) is 0.682. The number of amides is 1. The van der Waals surface area contributed by atoms with Crippen LogP contribution in [-0.2, 0) is 24.8 Å². The molecule has 3 aromatic rings. The summed E-state index contributed by atoms with van der Waals surface area (Å²) in [5.41, 5.74) is 4.16. The van der Waals surface area contributed by atoms with E-state index < -0.39 is 0 Å². The first-order valence-electron chi connectivity index (χ1n) is 8.63. The van der Waals surface area contributed by atoms with Gasteiger partial charge in [-0.1, -0.05) is 12.1 Å². The van der Waals surface area contributed by atoms with E-state index in [9.17, 15) is 4.79 Å². The molecule has 2 heterocycles. The SMILES string of the molecule is Cc1cc(C)n(-c2cccc(CN(C)C(=O)CCc3nncn3C)c2)n1. The van der Waals surface area contributed by atoms with E-state index in [1.54, 1.807) is 11.2 Å². The standard InChI is InChI=1S/C19H24N6O/c1-14-10-15(2)25(22-14)17-7-5-6-16(11-17)12-23(3)19(26)9-8-18-21-20-13-24(18)4/h5-7,10-11,13H,8-9,12H2,1-4H3. The maximum Gasteiger partial charge on any atom is 0.223 e. The molecule has 7 nitrogen and oxygen atoms in total. The number of rotatable bonds is 6. The Kier molecular flexibility index (Phi) is 5.16. The summed E-state index contributed by atoms with van der Waals surface area (Å²) in [5.74, 6) is 0.905. The van der Waals surface area contributed by atoms with Crippen LogP contribution >= 0.6 is 0 Å². The van der Waals surface area contributed by atoms with Gasteiger partial charge >= 0.3 is 0 Å². The highest BCUT2D eigenvalue weighted by Gasteiger charge is 2.12. The molecule has 0 radical (unpaired) electrons. The predicted molar refractivity (Wildman–Crippen MR) is 98.8 cm³/mol. The topological polar surface area (TPSA) is 68.8 Å². The van der Waals surface area contributed by atoms with Crippen LogP contribution in [0.25, 0.3) is 5.69 Å². The van der Waals surface area contributed by atoms with Crippen molar-refractivity contribution in [1.82, 2.24) is 29.4 Å². The highest BCUT2D eigenvalue weighted by Crippen LogP contribution is 2.15. The van der Waals surface area contributed by atoms with E-state index in [1.165, 1.54) is 0 Å². The van der Waals surface area contributed by atoms with Crippen molar-refractivity contribution in [2.75, 3.05) is 7.05 Å². The second-order valence-electron chi connectivity index (χ2n) is 6.62. The van der Waals surface area contributed by atoms with E-state index in [0.29, 0.717) is 19.4 Å². The van der Waals surface area contributed by atoms with Crippen LogP contribution in [0.5, 0.6) is 0 Å². The van der Waals surface area contributed by atoms with Gasteiger partial charge in [-0.2, -0.15) is 5.10 Å². The minimum absolute atomic E-state index is 0.0875. The molecule has 3 rings (SSSR count). The van der Waals surface area contributed by atoms with Crippen molar-refractivity contribution in [2.24, 2.45) is 7.05 Å². The molecule has 0 aliphatic rings. The lowest BCUT2D eigenvalue weighted by Gasteiger charge is -2.18. The Bertz CT molecular complexity index is 910. The monoisotopic (exact) mass is 352 g/mol. The summed E-state index contributed by atoms with van der Waals surface area (Å²) >= 11 is 0. The van der Waals surface area contributed by atoms with Crippen LogP contribution in [0.1, 0.15) is 29.2 Å². The average Bonchev–Trinajstić information content (AvgIpc) is 3.17. The van der Waals surface area contributed by atoms with Crippen molar-refractivity contribution in [2.45, 2.75) is 33.2 Å². The van der Waals surface area contributed by atoms with Crippen molar-refractivity contribution in [3.05, 3.63) is 59.4 Å². The first-order valence-corrected chi connectivity index (χ1v) is 8.63. The van der Waals surface area contributed by atoms with Gasteiger partial charge in [-0.25, -0.2) is 4.68 Å². The summed E-state index contributed by atoms with van der Waals surface area (Å²) in [7, 11) is 3.71. The molecule has 0 bridgehead atoms. The third kappa shape index (κ3) is 3.99. The number of aryl methyl sites for hydroxylation is 4. The lowest BCUT2D eigenvalue weighted by Crippen LogP contribution is -2.26. The Labute approximate surface area is 153 Å². The fourth-order valence-electron chi connectivity index (χ4n) is 2.98. The first kappa shape index (κ1) is 17.8. The number of carbonyl (C=O) groups excluding carboxylic acids is 1. The molecule has 0 aliphatic heterocycles. The summed E-state index contributed by atoms with van der Waals surface area (Å²) in [4.78, 5) is 14.2. The van der Waals surface area contributed by atoms with Crippen molar-refractivity contribution in [3.8, 4) is 5.69 Å². The van der Waals surface area contributed by atoms with E-state index in [4.69, 9.17) is 0 Å². The average molecular weight is 352 g/mol. The van der Waals surface area contributed by atoms with Crippen LogP contribution < -0.4 is 0 Å². The molecule has 0 fully saturated rings. The number of aromatic nitrogens is 5. The molecule has 2 aromatic heterocycles. The minimum Gasteiger partial charge on any atom is -0.341 e. The first-order chi connectivity index (χ1) is 12.4. The van der Waals surface area contributed by atoms with Gasteiger partial charge in [0.25, 0.3) is 0 Å². The summed E-state index contributed by atoms with van der Waals surface area (Å²) in [6, 6.07) is 10.2. The second kappa shape index (κ2) is 7.51. The largest absolute Gasteiger partial charge is 0.341 e. The van der Waals surface area contributed by atoms with E-state index in [0.717, 1.165) is 28.5 Å². The molecule has 136 valence electrons. The lowest BCUT2D eigenvalue weighted by atomic mass is 10.1. The van der Waals surface area contributed by atoms with Crippen LogP contribution in [-0.4, -0.2) is 42.4 Å². The Morgan fingerprint density at radius 1 is 1.23 bits per heavy atom. The minimum atomic E-state index is 0.0875. The van der Waals surface area contributed by atoms with Crippen LogP contribution in [0.15, 0.2) is 36.7 Å². The van der Waals surface area contributed by atoms with E-state index in [-0.39, 0.29) is 5.91 Å². The summed E-state index contributed by atoms with van der Waals surface area (Å²) < 4.78 is 3.76. The normalized spacial score (nSPS) is 10.9. The van der Waals surface area contributed by atoms with Gasteiger partial charge in [0.1, 0.15) is 12.2 Å². The molecule has 7 heteroatoms. The fraction of sp³-hybridized carbons (Fsp3) is 0.368. The maximum absolute atomic E-state index is 12.4. The third-order valence-electron chi connectivity index (χ3n) is 4.38. The van der Waals surface area contributed by atoms with Crippen LogP contribution in [0.2, 0.25) is 0 Å². The zero-order valence-electron chi connectivity index (χ0n) is 15.7. The molecule has 0 aliphatic carbocycles. The summed E-state index contributed by atoms with van der Waals surface area (Å²) in [5, 5.41) is 12.4. The van der Waals surface area contributed by atoms with Crippen molar-refractivity contribution >= 4 is 5.91 Å². The molecule has 0 atom stereocenters. The Morgan fingerprint density at radius 2 is 2.04 bits per heavy atom. The highest BCUT2D eigenvalue weighted by atomic mass is 16.2. The summed E-state index contributed by atoms with van der Waals surface area (Å²) in [6.45, 7) is 4.58. The molecule has 1 aromatic carbocycles. The van der Waals surface area contributed by atoms with Gasteiger partial charge < -0.3 is 9.47 Å². The smallest absolute Gasteiger partial charge is 0.223 e. The maximum atomic E-state index is 12.4. The van der Waals surface area contributed by atoms with Crippen LogP contribution in [0.4, 0.5) is 0 Å².